The molecule has 2 aliphatic heterocycles. The van der Waals surface area contributed by atoms with Crippen LogP contribution >= 0.6 is 11.6 Å². The lowest BCUT2D eigenvalue weighted by Gasteiger charge is -2.33. The molecule has 0 saturated heterocycles. The predicted octanol–water partition coefficient (Wildman–Crippen LogP) is -1.61. The summed E-state index contributed by atoms with van der Waals surface area (Å²) < 4.78 is 12.2. The van der Waals surface area contributed by atoms with E-state index in [0.29, 0.717) is 18.2 Å². The molecule has 26 heavy (non-hydrogen) atoms. The van der Waals surface area contributed by atoms with Gasteiger partial charge in [-0.15, -0.1) is 16.7 Å². The molecular weight excluding hydrogens is 368 g/mol. The second-order valence-corrected chi connectivity index (χ2v) is 6.01. The van der Waals surface area contributed by atoms with Crippen molar-refractivity contribution in [2.24, 2.45) is 4.99 Å². The standard InChI is InChI=1S/C14H21ClN6O5/c15-1-4-25-13-10(12(24)11(23)9(7-22)26-13)21-6-8(19-20-21)5-18-14-16-2-3-17-14/h6,9,11,13,22-24H,1-5,7H2,(H2,16,17,18)/t9?,11-,13+/m1/s1. The second-order valence-electron chi connectivity index (χ2n) is 5.63. The third-order valence-electron chi connectivity index (χ3n) is 3.84. The van der Waals surface area contributed by atoms with Gasteiger partial charge in [0.25, 0.3) is 0 Å². The number of guanidine groups is 1. The first kappa shape index (κ1) is 18.9. The highest BCUT2D eigenvalue weighted by Crippen LogP contribution is 2.28. The van der Waals surface area contributed by atoms with Crippen LogP contribution in [0.2, 0.25) is 0 Å². The van der Waals surface area contributed by atoms with Crippen molar-refractivity contribution in [1.29, 1.82) is 0 Å². The normalized spacial score (nSPS) is 26.0. The Labute approximate surface area is 154 Å². The number of nitrogens with one attached hydrogen (secondary N) is 2. The van der Waals surface area contributed by atoms with Gasteiger partial charge in [-0.25, -0.2) is 4.68 Å². The van der Waals surface area contributed by atoms with Gasteiger partial charge in [-0.1, -0.05) is 5.21 Å². The van der Waals surface area contributed by atoms with Crippen molar-refractivity contribution >= 4 is 23.3 Å². The lowest BCUT2D eigenvalue weighted by atomic mass is 10.1. The van der Waals surface area contributed by atoms with Gasteiger partial charge in [-0.2, -0.15) is 0 Å². The van der Waals surface area contributed by atoms with Gasteiger partial charge in [0.2, 0.25) is 6.29 Å². The highest BCUT2D eigenvalue weighted by Gasteiger charge is 2.39. The molecule has 0 saturated carbocycles. The minimum atomic E-state index is -1.41. The lowest BCUT2D eigenvalue weighted by Crippen LogP contribution is -2.45. The number of aromatic nitrogens is 3. The van der Waals surface area contributed by atoms with E-state index in [2.05, 4.69) is 25.9 Å². The van der Waals surface area contributed by atoms with E-state index in [1.54, 1.807) is 6.20 Å². The van der Waals surface area contributed by atoms with Crippen molar-refractivity contribution in [3.63, 3.8) is 0 Å². The van der Waals surface area contributed by atoms with E-state index in [-0.39, 0.29) is 18.2 Å². The maximum atomic E-state index is 10.4. The van der Waals surface area contributed by atoms with Crippen LogP contribution < -0.4 is 10.6 Å². The molecule has 0 radical (unpaired) electrons. The Bertz CT molecular complexity index is 681. The Morgan fingerprint density at radius 3 is 3.04 bits per heavy atom. The fourth-order valence-electron chi connectivity index (χ4n) is 2.57. The average Bonchev–Trinajstić information content (AvgIpc) is 3.32. The Balaban J connectivity index is 1.78. The van der Waals surface area contributed by atoms with E-state index in [4.69, 9.17) is 21.1 Å². The minimum Gasteiger partial charge on any atom is -0.507 e. The smallest absolute Gasteiger partial charge is 0.205 e. The zero-order valence-corrected chi connectivity index (χ0v) is 14.6. The van der Waals surface area contributed by atoms with Gasteiger partial charge in [-0.05, 0) is 0 Å². The summed E-state index contributed by atoms with van der Waals surface area (Å²) in [6, 6.07) is 0. The van der Waals surface area contributed by atoms with E-state index in [9.17, 15) is 15.3 Å². The molecule has 2 aliphatic rings. The molecule has 3 rings (SSSR count). The summed E-state index contributed by atoms with van der Waals surface area (Å²) in [5.74, 6) is 0.496. The molecule has 0 aromatic carbocycles. The van der Waals surface area contributed by atoms with Crippen molar-refractivity contribution < 1.29 is 24.8 Å². The SMILES string of the molecule is OCC1O[C@H](OCCCl)C(n2cc(CNC3=NCCN3)nn2)=C(O)[C@@H]1O. The van der Waals surface area contributed by atoms with Crippen LogP contribution in [-0.2, 0) is 16.0 Å². The molecule has 144 valence electrons. The third kappa shape index (κ3) is 4.07. The molecule has 3 heterocycles. The van der Waals surface area contributed by atoms with Gasteiger partial charge in [0.15, 0.2) is 11.7 Å². The van der Waals surface area contributed by atoms with Crippen LogP contribution in [0.15, 0.2) is 16.9 Å². The van der Waals surface area contributed by atoms with E-state index >= 15 is 0 Å². The topological polar surface area (TPSA) is 146 Å². The molecule has 1 aromatic heterocycles. The lowest BCUT2D eigenvalue weighted by molar-refractivity contribution is -0.183. The molecule has 0 amide bonds. The summed E-state index contributed by atoms with van der Waals surface area (Å²) in [7, 11) is 0. The summed E-state index contributed by atoms with van der Waals surface area (Å²) in [6.45, 7) is 1.54. The summed E-state index contributed by atoms with van der Waals surface area (Å²) in [6.07, 6.45) is -1.91. The Hall–Kier alpha value is -1.92. The first-order chi connectivity index (χ1) is 12.6. The number of aliphatic imine (C=N–C) groups is 1. The van der Waals surface area contributed by atoms with Crippen LogP contribution in [0, 0.1) is 0 Å². The largest absolute Gasteiger partial charge is 0.507 e. The first-order valence-electron chi connectivity index (χ1n) is 8.12. The van der Waals surface area contributed by atoms with Gasteiger partial charge < -0.3 is 35.4 Å². The number of halogens is 1. The number of nitrogens with zero attached hydrogens (tertiary/aromatic N) is 4. The number of ether oxygens (including phenoxy) is 2. The number of rotatable bonds is 7. The summed E-state index contributed by atoms with van der Waals surface area (Å²) in [4.78, 5) is 4.21. The monoisotopic (exact) mass is 388 g/mol. The van der Waals surface area contributed by atoms with E-state index < -0.39 is 30.9 Å². The van der Waals surface area contributed by atoms with Gasteiger partial charge in [0.05, 0.1) is 32.5 Å². The number of aliphatic hydroxyl groups excluding tert-OH is 3. The molecule has 0 fully saturated rings. The predicted molar refractivity (Wildman–Crippen MR) is 91.4 cm³/mol. The Kier molecular flexibility index (Phi) is 6.27. The molecule has 0 aliphatic carbocycles. The van der Waals surface area contributed by atoms with E-state index in [1.165, 1.54) is 4.68 Å². The van der Waals surface area contributed by atoms with Crippen LogP contribution in [-0.4, -0.2) is 87.0 Å². The van der Waals surface area contributed by atoms with Crippen LogP contribution in [0.5, 0.6) is 0 Å². The fourth-order valence-corrected chi connectivity index (χ4v) is 2.66. The third-order valence-corrected chi connectivity index (χ3v) is 4.00. The van der Waals surface area contributed by atoms with E-state index in [1.807, 2.05) is 0 Å². The Morgan fingerprint density at radius 2 is 2.35 bits per heavy atom. The van der Waals surface area contributed by atoms with Crippen molar-refractivity contribution in [3.05, 3.63) is 17.6 Å². The number of hydrogen-bond acceptors (Lipinski definition) is 10. The number of alkyl halides is 1. The van der Waals surface area contributed by atoms with Crippen molar-refractivity contribution in [1.82, 2.24) is 25.6 Å². The minimum absolute atomic E-state index is 0.0856. The first-order valence-corrected chi connectivity index (χ1v) is 8.66. The molecule has 11 nitrogen and oxygen atoms in total. The van der Waals surface area contributed by atoms with Gasteiger partial charge in [0, 0.05) is 12.4 Å². The van der Waals surface area contributed by atoms with Crippen LogP contribution in [0.1, 0.15) is 5.69 Å². The van der Waals surface area contributed by atoms with Crippen LogP contribution in [0.25, 0.3) is 5.70 Å². The van der Waals surface area contributed by atoms with Crippen LogP contribution in [0.3, 0.4) is 0 Å². The molecule has 0 spiro atoms. The maximum Gasteiger partial charge on any atom is 0.205 e. The molecule has 0 bridgehead atoms. The summed E-state index contributed by atoms with van der Waals surface area (Å²) in [5, 5.41) is 43.9. The molecule has 5 N–H and O–H groups in total. The zero-order chi connectivity index (χ0) is 18.5. The van der Waals surface area contributed by atoms with Crippen molar-refractivity contribution in [3.8, 4) is 0 Å². The number of aliphatic hydroxyl groups is 3. The maximum absolute atomic E-state index is 10.4. The van der Waals surface area contributed by atoms with Crippen molar-refractivity contribution in [2.45, 2.75) is 25.0 Å². The average molecular weight is 389 g/mol. The highest BCUT2D eigenvalue weighted by atomic mass is 35.5. The van der Waals surface area contributed by atoms with Gasteiger partial charge >= 0.3 is 0 Å². The second kappa shape index (κ2) is 8.64. The highest BCUT2D eigenvalue weighted by molar-refractivity contribution is 6.17. The molecule has 12 heteroatoms. The van der Waals surface area contributed by atoms with Gasteiger partial charge in [-0.3, -0.25) is 4.99 Å². The number of hydrogen-bond donors (Lipinski definition) is 5. The van der Waals surface area contributed by atoms with Crippen molar-refractivity contribution in [2.75, 3.05) is 32.2 Å². The van der Waals surface area contributed by atoms with Crippen LogP contribution in [0.4, 0.5) is 0 Å². The van der Waals surface area contributed by atoms with Gasteiger partial charge in [0.1, 0.15) is 23.6 Å². The van der Waals surface area contributed by atoms with E-state index in [0.717, 1.165) is 13.1 Å². The molecular formula is C14H21ClN6O5. The molecule has 3 atom stereocenters. The quantitative estimate of drug-likeness (QED) is 0.348. The molecule has 1 aromatic rings. The Morgan fingerprint density at radius 1 is 1.50 bits per heavy atom. The summed E-state index contributed by atoms with van der Waals surface area (Å²) in [5.41, 5.74) is 0.666. The zero-order valence-electron chi connectivity index (χ0n) is 13.9. The summed E-state index contributed by atoms with van der Waals surface area (Å²) >= 11 is 5.64. The fraction of sp³-hybridized carbons (Fsp3) is 0.643. The molecule has 1 unspecified atom stereocenters.